The summed E-state index contributed by atoms with van der Waals surface area (Å²) in [7, 11) is -3.88. The molecule has 2 amide bonds. The highest BCUT2D eigenvalue weighted by atomic mass is 35.5. The molecule has 0 saturated heterocycles. The Hall–Kier alpha value is -3.21. The first kappa shape index (κ1) is 32.3. The molecule has 0 heterocycles. The van der Waals surface area contributed by atoms with Crippen LogP contribution in [0.3, 0.4) is 0 Å². The van der Waals surface area contributed by atoms with Gasteiger partial charge in [-0.2, -0.15) is 0 Å². The Morgan fingerprint density at radius 2 is 1.61 bits per heavy atom. The molecule has 0 unspecified atom stereocenters. The predicted octanol–water partition coefficient (Wildman–Crippen LogP) is 5.59. The third-order valence-corrected chi connectivity index (χ3v) is 8.26. The van der Waals surface area contributed by atoms with Crippen molar-refractivity contribution in [2.24, 2.45) is 0 Å². The third-order valence-electron chi connectivity index (χ3n) is 6.36. The highest BCUT2D eigenvalue weighted by Gasteiger charge is 2.31. The Morgan fingerprint density at radius 3 is 2.20 bits per heavy atom. The van der Waals surface area contributed by atoms with Gasteiger partial charge in [0.15, 0.2) is 11.6 Å². The third kappa shape index (κ3) is 8.89. The number of carbonyl (C=O) groups excluding carboxylic acids is 2. The van der Waals surface area contributed by atoms with Gasteiger partial charge in [0.2, 0.25) is 21.8 Å². The number of benzene rings is 3. The van der Waals surface area contributed by atoms with Crippen LogP contribution >= 0.6 is 23.2 Å². The van der Waals surface area contributed by atoms with E-state index >= 15 is 0 Å². The van der Waals surface area contributed by atoms with Crippen LogP contribution in [0.15, 0.2) is 66.7 Å². The van der Waals surface area contributed by atoms with Crippen LogP contribution in [0.1, 0.15) is 30.9 Å². The molecule has 7 nitrogen and oxygen atoms in total. The molecule has 0 aliphatic rings. The van der Waals surface area contributed by atoms with Crippen molar-refractivity contribution < 1.29 is 26.8 Å². The molecule has 12 heteroatoms. The second kappa shape index (κ2) is 14.6. The molecule has 0 saturated carbocycles. The molecule has 0 aliphatic heterocycles. The van der Waals surface area contributed by atoms with Crippen molar-refractivity contribution in [2.45, 2.75) is 38.8 Å². The molecule has 3 aromatic carbocycles. The molecule has 3 aromatic rings. The van der Waals surface area contributed by atoms with Gasteiger partial charge in [-0.15, -0.1) is 0 Å². The van der Waals surface area contributed by atoms with Gasteiger partial charge >= 0.3 is 0 Å². The number of hydrogen-bond acceptors (Lipinski definition) is 4. The lowest BCUT2D eigenvalue weighted by Gasteiger charge is -2.32. The van der Waals surface area contributed by atoms with Gasteiger partial charge in [-0.05, 0) is 43.2 Å². The van der Waals surface area contributed by atoms with E-state index in [1.807, 2.05) is 30.3 Å². The van der Waals surface area contributed by atoms with E-state index < -0.39 is 33.6 Å². The first-order chi connectivity index (χ1) is 19.4. The highest BCUT2D eigenvalue weighted by Crippen LogP contribution is 2.28. The van der Waals surface area contributed by atoms with Crippen molar-refractivity contribution in [2.75, 3.05) is 23.7 Å². The van der Waals surface area contributed by atoms with Crippen molar-refractivity contribution in [3.05, 3.63) is 99.5 Å². The molecule has 3 rings (SSSR count). The second-order valence-electron chi connectivity index (χ2n) is 9.36. The highest BCUT2D eigenvalue weighted by molar-refractivity contribution is 7.92. The lowest BCUT2D eigenvalue weighted by atomic mass is 10.0. The number of carbonyl (C=O) groups is 2. The summed E-state index contributed by atoms with van der Waals surface area (Å²) in [5.41, 5.74) is 1.22. The molecule has 0 fully saturated rings. The lowest BCUT2D eigenvalue weighted by Crippen LogP contribution is -2.50. The SMILES string of the molecule is CCNC(=O)[C@H](Cc1ccccc1)N(Cc1c(Cl)cccc1Cl)C(=O)CCCN(c1ccc(F)c(F)c1)S(C)(=O)=O. The fourth-order valence-corrected chi connectivity index (χ4v) is 5.82. The number of likely N-dealkylation sites (N-methyl/N-ethyl adjacent to an activating group) is 1. The molecule has 0 aliphatic carbocycles. The number of halogens is 4. The number of hydrogen-bond donors (Lipinski definition) is 1. The predicted molar refractivity (Wildman–Crippen MR) is 157 cm³/mol. The summed E-state index contributed by atoms with van der Waals surface area (Å²) in [6.45, 7) is 1.87. The zero-order valence-corrected chi connectivity index (χ0v) is 24.9. The summed E-state index contributed by atoms with van der Waals surface area (Å²) >= 11 is 12.8. The smallest absolute Gasteiger partial charge is 0.243 e. The monoisotopic (exact) mass is 625 g/mol. The summed E-state index contributed by atoms with van der Waals surface area (Å²) in [4.78, 5) is 28.4. The fourth-order valence-electron chi connectivity index (χ4n) is 4.34. The van der Waals surface area contributed by atoms with E-state index in [2.05, 4.69) is 5.32 Å². The molecular weight excluding hydrogens is 595 g/mol. The number of nitrogens with zero attached hydrogens (tertiary/aromatic N) is 2. The standard InChI is InChI=1S/C29H31Cl2F2N3O4S/c1-3-34-29(38)27(17-20-9-5-4-6-10-20)35(19-22-23(30)11-7-12-24(22)31)28(37)13-8-16-36(41(2,39)40)21-14-15-25(32)26(33)18-21/h4-7,9-12,14-15,18,27H,3,8,13,16-17,19H2,1-2H3,(H,34,38)/t27-/m0/s1. The quantitative estimate of drug-likeness (QED) is 0.268. The van der Waals surface area contributed by atoms with Crippen molar-refractivity contribution in [1.29, 1.82) is 0 Å². The van der Waals surface area contributed by atoms with Crippen molar-refractivity contribution in [3.8, 4) is 0 Å². The normalized spacial score (nSPS) is 12.0. The molecule has 0 aromatic heterocycles. The Kier molecular flexibility index (Phi) is 11.5. The van der Waals surface area contributed by atoms with E-state index in [-0.39, 0.29) is 43.9 Å². The lowest BCUT2D eigenvalue weighted by molar-refractivity contribution is -0.141. The molecular formula is C29H31Cl2F2N3O4S. The average molecular weight is 627 g/mol. The van der Waals surface area contributed by atoms with Crippen LogP contribution in [0.4, 0.5) is 14.5 Å². The number of anilines is 1. The van der Waals surface area contributed by atoms with Gasteiger partial charge in [0.25, 0.3) is 0 Å². The van der Waals surface area contributed by atoms with E-state index in [0.29, 0.717) is 22.2 Å². The Morgan fingerprint density at radius 1 is 0.951 bits per heavy atom. The number of sulfonamides is 1. The molecule has 41 heavy (non-hydrogen) atoms. The molecule has 1 atom stereocenters. The fraction of sp³-hybridized carbons (Fsp3) is 0.310. The summed E-state index contributed by atoms with van der Waals surface area (Å²) < 4.78 is 53.1. The van der Waals surface area contributed by atoms with Gasteiger partial charge < -0.3 is 10.2 Å². The number of rotatable bonds is 13. The molecule has 0 spiro atoms. The van der Waals surface area contributed by atoms with E-state index in [0.717, 1.165) is 34.3 Å². The Labute approximate surface area is 249 Å². The minimum absolute atomic E-state index is 0.0328. The van der Waals surface area contributed by atoms with Crippen LogP contribution in [0.5, 0.6) is 0 Å². The van der Waals surface area contributed by atoms with Gasteiger partial charge in [-0.3, -0.25) is 13.9 Å². The van der Waals surface area contributed by atoms with E-state index in [1.54, 1.807) is 25.1 Å². The van der Waals surface area contributed by atoms with Crippen molar-refractivity contribution >= 4 is 50.7 Å². The summed E-state index contributed by atoms with van der Waals surface area (Å²) in [6, 6.07) is 16.0. The first-order valence-corrected chi connectivity index (χ1v) is 15.5. The van der Waals surface area contributed by atoms with Gasteiger partial charge in [-0.25, -0.2) is 17.2 Å². The van der Waals surface area contributed by atoms with Crippen LogP contribution in [0.25, 0.3) is 0 Å². The largest absolute Gasteiger partial charge is 0.355 e. The molecule has 0 radical (unpaired) electrons. The van der Waals surface area contributed by atoms with Crippen molar-refractivity contribution in [1.82, 2.24) is 10.2 Å². The van der Waals surface area contributed by atoms with Gasteiger partial charge in [0, 0.05) is 54.2 Å². The average Bonchev–Trinajstić information content (AvgIpc) is 2.91. The van der Waals surface area contributed by atoms with E-state index in [1.165, 1.54) is 4.90 Å². The number of nitrogens with one attached hydrogen (secondary N) is 1. The summed E-state index contributed by atoms with van der Waals surface area (Å²) in [6.07, 6.45) is 1.03. The van der Waals surface area contributed by atoms with Crippen LogP contribution < -0.4 is 9.62 Å². The summed E-state index contributed by atoms with van der Waals surface area (Å²) in [5, 5.41) is 3.44. The topological polar surface area (TPSA) is 86.8 Å². The molecule has 1 N–H and O–H groups in total. The maximum absolute atomic E-state index is 13.8. The summed E-state index contributed by atoms with van der Waals surface area (Å²) in [5.74, 6) is -3.11. The van der Waals surface area contributed by atoms with E-state index in [4.69, 9.17) is 23.2 Å². The minimum Gasteiger partial charge on any atom is -0.355 e. The second-order valence-corrected chi connectivity index (χ2v) is 12.1. The maximum Gasteiger partial charge on any atom is 0.243 e. The zero-order valence-electron chi connectivity index (χ0n) is 22.6. The number of amides is 2. The van der Waals surface area contributed by atoms with Crippen LogP contribution in [-0.4, -0.2) is 50.5 Å². The van der Waals surface area contributed by atoms with Gasteiger partial charge in [0.1, 0.15) is 6.04 Å². The molecule has 220 valence electrons. The van der Waals surface area contributed by atoms with Crippen LogP contribution in [0, 0.1) is 11.6 Å². The zero-order chi connectivity index (χ0) is 30.2. The van der Waals surface area contributed by atoms with Crippen molar-refractivity contribution in [3.63, 3.8) is 0 Å². The maximum atomic E-state index is 13.8. The minimum atomic E-state index is -3.88. The van der Waals surface area contributed by atoms with Gasteiger partial charge in [-0.1, -0.05) is 59.6 Å². The van der Waals surface area contributed by atoms with Crippen LogP contribution in [0.2, 0.25) is 10.0 Å². The van der Waals surface area contributed by atoms with E-state index in [9.17, 15) is 26.8 Å². The Balaban J connectivity index is 1.91. The Bertz CT molecular complexity index is 1460. The van der Waals surface area contributed by atoms with Crippen LogP contribution in [-0.2, 0) is 32.6 Å². The first-order valence-electron chi connectivity index (χ1n) is 12.9. The van der Waals surface area contributed by atoms with Gasteiger partial charge in [0.05, 0.1) is 11.9 Å². The molecule has 0 bridgehead atoms.